The number of nitrogens with one attached hydrogen (secondary N) is 1. The molecule has 1 aromatic heterocycles. The Labute approximate surface area is 119 Å². The predicted molar refractivity (Wildman–Crippen MR) is 77.4 cm³/mol. The quantitative estimate of drug-likeness (QED) is 0.835. The minimum atomic E-state index is -0.923. The van der Waals surface area contributed by atoms with Gasteiger partial charge in [-0.15, -0.1) is 0 Å². The zero-order valence-corrected chi connectivity index (χ0v) is 12.1. The van der Waals surface area contributed by atoms with Gasteiger partial charge < -0.3 is 15.2 Å². The molecule has 0 amide bonds. The molecular weight excluding hydrogens is 256 g/mol. The molecule has 1 aliphatic carbocycles. The number of nitrogens with zero attached hydrogens (tertiary/aromatic N) is 1. The fraction of sp³-hybridized carbons (Fsp3) is 0.600. The first-order chi connectivity index (χ1) is 9.61. The summed E-state index contributed by atoms with van der Waals surface area (Å²) in [5.41, 5.74) is 2.41. The van der Waals surface area contributed by atoms with Crippen molar-refractivity contribution in [3.05, 3.63) is 22.9 Å². The second-order valence-electron chi connectivity index (χ2n) is 5.44. The average Bonchev–Trinajstić information content (AvgIpc) is 2.44. The molecule has 1 aromatic rings. The Balaban J connectivity index is 2.19. The fourth-order valence-corrected chi connectivity index (χ4v) is 2.55. The van der Waals surface area contributed by atoms with E-state index >= 15 is 0 Å². The van der Waals surface area contributed by atoms with Crippen LogP contribution in [0.2, 0.25) is 0 Å². The van der Waals surface area contributed by atoms with Crippen LogP contribution in [-0.2, 0) is 17.6 Å². The number of pyridine rings is 1. The van der Waals surface area contributed by atoms with E-state index in [1.54, 1.807) is 13.2 Å². The Hall–Kier alpha value is -1.62. The van der Waals surface area contributed by atoms with E-state index in [9.17, 15) is 9.90 Å². The molecule has 0 spiro atoms. The molecule has 5 nitrogen and oxygen atoms in total. The van der Waals surface area contributed by atoms with Crippen LogP contribution in [-0.4, -0.2) is 36.3 Å². The number of ether oxygens (including phenoxy) is 1. The minimum absolute atomic E-state index is 0.273. The molecule has 0 fully saturated rings. The number of carbonyl (C=O) groups is 1. The molecule has 0 aromatic carbocycles. The van der Waals surface area contributed by atoms with Gasteiger partial charge in [-0.1, -0.05) is 6.92 Å². The highest BCUT2D eigenvalue weighted by molar-refractivity contribution is 5.93. The molecule has 1 unspecified atom stereocenters. The number of fused-ring (bicyclic) bond motifs is 1. The van der Waals surface area contributed by atoms with E-state index in [-0.39, 0.29) is 5.56 Å². The molecule has 2 N–H and O–H groups in total. The van der Waals surface area contributed by atoms with E-state index in [4.69, 9.17) is 4.74 Å². The molecule has 2 rings (SSSR count). The first-order valence-electron chi connectivity index (χ1n) is 7.10. The number of anilines is 1. The highest BCUT2D eigenvalue weighted by Gasteiger charge is 2.19. The van der Waals surface area contributed by atoms with E-state index < -0.39 is 5.97 Å². The molecule has 20 heavy (non-hydrogen) atoms. The van der Waals surface area contributed by atoms with E-state index in [1.165, 1.54) is 0 Å². The fourth-order valence-electron chi connectivity index (χ4n) is 2.55. The molecule has 0 saturated heterocycles. The van der Waals surface area contributed by atoms with Gasteiger partial charge in [0.15, 0.2) is 0 Å². The lowest BCUT2D eigenvalue weighted by Gasteiger charge is -2.19. The summed E-state index contributed by atoms with van der Waals surface area (Å²) in [7, 11) is 1.66. The lowest BCUT2D eigenvalue weighted by Crippen LogP contribution is -2.20. The molecule has 0 radical (unpaired) electrons. The topological polar surface area (TPSA) is 71.5 Å². The Kier molecular flexibility index (Phi) is 4.95. The third kappa shape index (κ3) is 3.48. The Morgan fingerprint density at radius 3 is 2.95 bits per heavy atom. The number of hydrogen-bond acceptors (Lipinski definition) is 4. The zero-order valence-electron chi connectivity index (χ0n) is 12.1. The van der Waals surface area contributed by atoms with Crippen LogP contribution in [0, 0.1) is 5.92 Å². The summed E-state index contributed by atoms with van der Waals surface area (Å²) in [6, 6.07) is 1.78. The normalized spacial score (nSPS) is 15.5. The van der Waals surface area contributed by atoms with E-state index in [0.29, 0.717) is 24.9 Å². The number of carboxylic acids is 1. The number of methoxy groups -OCH3 is 1. The highest BCUT2D eigenvalue weighted by atomic mass is 16.5. The number of hydrogen-bond donors (Lipinski definition) is 2. The Bertz CT molecular complexity index is 488. The molecular formula is C15H22N2O3. The Morgan fingerprint density at radius 1 is 1.50 bits per heavy atom. The van der Waals surface area contributed by atoms with E-state index in [0.717, 1.165) is 36.9 Å². The summed E-state index contributed by atoms with van der Waals surface area (Å²) < 4.78 is 5.08. The highest BCUT2D eigenvalue weighted by Crippen LogP contribution is 2.25. The number of aromatic nitrogens is 1. The standard InChI is InChI=1S/C15H22N2O3/c1-10(9-20-2)8-16-14-12(15(18)19)7-11-5-3-4-6-13(11)17-14/h7,10H,3-6,8-9H2,1-2H3,(H,16,17)(H,18,19). The van der Waals surface area contributed by atoms with Crippen LogP contribution >= 0.6 is 0 Å². The summed E-state index contributed by atoms with van der Waals surface area (Å²) >= 11 is 0. The van der Waals surface area contributed by atoms with Gasteiger partial charge in [0, 0.05) is 19.3 Å². The van der Waals surface area contributed by atoms with Crippen molar-refractivity contribution in [1.82, 2.24) is 4.98 Å². The number of carboxylic acid groups (broad SMARTS) is 1. The van der Waals surface area contributed by atoms with Crippen LogP contribution in [0.3, 0.4) is 0 Å². The average molecular weight is 278 g/mol. The SMILES string of the molecule is COCC(C)CNc1nc2c(cc1C(=O)O)CCCC2. The van der Waals surface area contributed by atoms with Crippen molar-refractivity contribution in [3.63, 3.8) is 0 Å². The van der Waals surface area contributed by atoms with E-state index in [2.05, 4.69) is 17.2 Å². The summed E-state index contributed by atoms with van der Waals surface area (Å²) in [6.07, 6.45) is 4.12. The summed E-state index contributed by atoms with van der Waals surface area (Å²) in [5.74, 6) is -0.131. The molecule has 110 valence electrons. The van der Waals surface area contributed by atoms with Crippen LogP contribution in [0.5, 0.6) is 0 Å². The molecule has 0 saturated carbocycles. The molecule has 0 bridgehead atoms. The molecule has 1 heterocycles. The number of aryl methyl sites for hydroxylation is 2. The second-order valence-corrected chi connectivity index (χ2v) is 5.44. The van der Waals surface area contributed by atoms with Crippen LogP contribution in [0.25, 0.3) is 0 Å². The monoisotopic (exact) mass is 278 g/mol. The van der Waals surface area contributed by atoms with E-state index in [1.807, 2.05) is 0 Å². The zero-order chi connectivity index (χ0) is 14.5. The Morgan fingerprint density at radius 2 is 2.25 bits per heavy atom. The second kappa shape index (κ2) is 6.70. The largest absolute Gasteiger partial charge is 0.478 e. The van der Waals surface area contributed by atoms with Crippen LogP contribution in [0.1, 0.15) is 41.4 Å². The van der Waals surface area contributed by atoms with Gasteiger partial charge in [0.05, 0.1) is 6.61 Å². The van der Waals surface area contributed by atoms with Gasteiger partial charge in [-0.25, -0.2) is 9.78 Å². The smallest absolute Gasteiger partial charge is 0.339 e. The number of aromatic carboxylic acids is 1. The number of rotatable bonds is 6. The van der Waals surface area contributed by atoms with Crippen LogP contribution in [0.15, 0.2) is 6.07 Å². The summed E-state index contributed by atoms with van der Waals surface area (Å²) in [4.78, 5) is 15.9. The van der Waals surface area contributed by atoms with Gasteiger partial charge in [-0.3, -0.25) is 0 Å². The molecule has 1 aliphatic rings. The van der Waals surface area contributed by atoms with Crippen molar-refractivity contribution in [2.24, 2.45) is 5.92 Å². The maximum absolute atomic E-state index is 11.4. The summed E-state index contributed by atoms with van der Waals surface area (Å²) in [6.45, 7) is 3.34. The predicted octanol–water partition coefficient (Wildman–Crippen LogP) is 2.35. The van der Waals surface area contributed by atoms with Gasteiger partial charge in [-0.2, -0.15) is 0 Å². The third-order valence-corrected chi connectivity index (χ3v) is 3.60. The molecule has 5 heteroatoms. The van der Waals surface area contributed by atoms with Crippen LogP contribution in [0.4, 0.5) is 5.82 Å². The van der Waals surface area contributed by atoms with Crippen molar-refractivity contribution < 1.29 is 14.6 Å². The van der Waals surface area contributed by atoms with Crippen molar-refractivity contribution in [2.45, 2.75) is 32.6 Å². The van der Waals surface area contributed by atoms with Gasteiger partial charge in [0.25, 0.3) is 0 Å². The van der Waals surface area contributed by atoms with Crippen LogP contribution < -0.4 is 5.32 Å². The van der Waals surface area contributed by atoms with Gasteiger partial charge >= 0.3 is 5.97 Å². The first kappa shape index (κ1) is 14.8. The maximum atomic E-state index is 11.4. The lowest BCUT2D eigenvalue weighted by atomic mass is 9.94. The molecule has 0 aliphatic heterocycles. The lowest BCUT2D eigenvalue weighted by molar-refractivity contribution is 0.0697. The van der Waals surface area contributed by atoms with Crippen molar-refractivity contribution in [1.29, 1.82) is 0 Å². The summed E-state index contributed by atoms with van der Waals surface area (Å²) in [5, 5.41) is 12.5. The van der Waals surface area contributed by atoms with Gasteiger partial charge in [-0.05, 0) is 43.2 Å². The third-order valence-electron chi connectivity index (χ3n) is 3.60. The maximum Gasteiger partial charge on any atom is 0.339 e. The van der Waals surface area contributed by atoms with Crippen molar-refractivity contribution >= 4 is 11.8 Å². The van der Waals surface area contributed by atoms with Crippen molar-refractivity contribution in [2.75, 3.05) is 25.6 Å². The first-order valence-corrected chi connectivity index (χ1v) is 7.10. The minimum Gasteiger partial charge on any atom is -0.478 e. The van der Waals surface area contributed by atoms with Gasteiger partial charge in [0.1, 0.15) is 11.4 Å². The van der Waals surface area contributed by atoms with Crippen molar-refractivity contribution in [3.8, 4) is 0 Å². The molecule has 1 atom stereocenters. The van der Waals surface area contributed by atoms with Gasteiger partial charge in [0.2, 0.25) is 0 Å².